The first kappa shape index (κ1) is 9.78. The molecule has 0 aromatic carbocycles. The Morgan fingerprint density at radius 2 is 2.31 bits per heavy atom. The molecular weight excluding hydrogens is 200 g/mol. The molecule has 0 radical (unpaired) electrons. The van der Waals surface area contributed by atoms with Gasteiger partial charge in [0.1, 0.15) is 0 Å². The molecule has 2 aromatic heterocycles. The Labute approximate surface area is 94.7 Å². The van der Waals surface area contributed by atoms with E-state index in [9.17, 15) is 0 Å². The number of fused-ring (bicyclic) bond motifs is 1. The van der Waals surface area contributed by atoms with Gasteiger partial charge in [0.2, 0.25) is 0 Å². The summed E-state index contributed by atoms with van der Waals surface area (Å²) in [4.78, 5) is 4.64. The van der Waals surface area contributed by atoms with Crippen LogP contribution in [0.3, 0.4) is 0 Å². The molecule has 1 fully saturated rings. The van der Waals surface area contributed by atoms with Crippen molar-refractivity contribution in [1.82, 2.24) is 19.9 Å². The minimum absolute atomic E-state index is 0.181. The van der Waals surface area contributed by atoms with Crippen LogP contribution in [0.25, 0.3) is 5.65 Å². The lowest BCUT2D eigenvalue weighted by atomic mass is 9.68. The standard InChI is InChI=1S/C12H16N4/c1-13-9-12(6-4-7-12)11-14-10-5-2-3-8-16(10)15-11/h2-3,5,8,13H,4,6-7,9H2,1H3. The molecule has 2 heterocycles. The van der Waals surface area contributed by atoms with Gasteiger partial charge in [0.25, 0.3) is 0 Å². The van der Waals surface area contributed by atoms with Gasteiger partial charge in [-0.1, -0.05) is 12.5 Å². The molecule has 1 N–H and O–H groups in total. The highest BCUT2D eigenvalue weighted by Gasteiger charge is 2.41. The molecular formula is C12H16N4. The van der Waals surface area contributed by atoms with E-state index in [4.69, 9.17) is 0 Å². The smallest absolute Gasteiger partial charge is 0.159 e. The number of hydrogen-bond donors (Lipinski definition) is 1. The van der Waals surface area contributed by atoms with Crippen LogP contribution in [0.5, 0.6) is 0 Å². The third-order valence-corrected chi connectivity index (χ3v) is 3.54. The molecule has 16 heavy (non-hydrogen) atoms. The fourth-order valence-electron chi connectivity index (χ4n) is 2.48. The topological polar surface area (TPSA) is 42.2 Å². The van der Waals surface area contributed by atoms with Crippen LogP contribution in [0, 0.1) is 0 Å². The summed E-state index contributed by atoms with van der Waals surface area (Å²) in [5, 5.41) is 7.86. The van der Waals surface area contributed by atoms with Crippen molar-refractivity contribution in [3.63, 3.8) is 0 Å². The average Bonchev–Trinajstić information content (AvgIpc) is 2.66. The van der Waals surface area contributed by atoms with Gasteiger partial charge < -0.3 is 5.32 Å². The van der Waals surface area contributed by atoms with Crippen LogP contribution in [0.15, 0.2) is 24.4 Å². The van der Waals surface area contributed by atoms with Crippen LogP contribution in [0.4, 0.5) is 0 Å². The summed E-state index contributed by atoms with van der Waals surface area (Å²) in [6.45, 7) is 0.976. The summed E-state index contributed by atoms with van der Waals surface area (Å²) in [6.07, 6.45) is 5.64. The third-order valence-electron chi connectivity index (χ3n) is 3.54. The van der Waals surface area contributed by atoms with Gasteiger partial charge in [-0.15, -0.1) is 0 Å². The zero-order valence-corrected chi connectivity index (χ0v) is 9.48. The first-order valence-corrected chi connectivity index (χ1v) is 5.81. The van der Waals surface area contributed by atoms with E-state index >= 15 is 0 Å². The molecule has 0 aliphatic heterocycles. The van der Waals surface area contributed by atoms with Gasteiger partial charge in [0.15, 0.2) is 11.5 Å². The maximum Gasteiger partial charge on any atom is 0.159 e. The zero-order valence-electron chi connectivity index (χ0n) is 9.48. The fourth-order valence-corrected chi connectivity index (χ4v) is 2.48. The van der Waals surface area contributed by atoms with Gasteiger partial charge in [-0.2, -0.15) is 5.10 Å². The summed E-state index contributed by atoms with van der Waals surface area (Å²) in [6, 6.07) is 5.98. The van der Waals surface area contributed by atoms with Crippen molar-refractivity contribution in [3.05, 3.63) is 30.2 Å². The highest BCUT2D eigenvalue weighted by molar-refractivity contribution is 5.38. The number of likely N-dealkylation sites (N-methyl/N-ethyl adjacent to an activating group) is 1. The van der Waals surface area contributed by atoms with Crippen molar-refractivity contribution >= 4 is 5.65 Å². The second kappa shape index (κ2) is 3.56. The summed E-state index contributed by atoms with van der Waals surface area (Å²) in [5.41, 5.74) is 1.13. The number of rotatable bonds is 3. The van der Waals surface area contributed by atoms with Gasteiger partial charge >= 0.3 is 0 Å². The van der Waals surface area contributed by atoms with Gasteiger partial charge in [0, 0.05) is 18.2 Å². The molecule has 0 spiro atoms. The highest BCUT2D eigenvalue weighted by atomic mass is 15.3. The average molecular weight is 216 g/mol. The van der Waals surface area contributed by atoms with E-state index in [-0.39, 0.29) is 5.41 Å². The predicted molar refractivity (Wildman–Crippen MR) is 62.4 cm³/mol. The minimum Gasteiger partial charge on any atom is -0.319 e. The molecule has 0 atom stereocenters. The van der Waals surface area contributed by atoms with Crippen LogP contribution >= 0.6 is 0 Å². The quantitative estimate of drug-likeness (QED) is 0.842. The van der Waals surface area contributed by atoms with Gasteiger partial charge in [0.05, 0.1) is 0 Å². The normalized spacial score (nSPS) is 18.6. The van der Waals surface area contributed by atoms with Crippen LogP contribution < -0.4 is 5.32 Å². The molecule has 4 nitrogen and oxygen atoms in total. The van der Waals surface area contributed by atoms with E-state index in [0.717, 1.165) is 18.0 Å². The predicted octanol–water partition coefficient (Wildman–Crippen LogP) is 1.37. The Morgan fingerprint density at radius 1 is 1.44 bits per heavy atom. The van der Waals surface area contributed by atoms with Crippen molar-refractivity contribution in [2.45, 2.75) is 24.7 Å². The molecule has 0 amide bonds. The molecule has 84 valence electrons. The summed E-state index contributed by atoms with van der Waals surface area (Å²) in [7, 11) is 2.00. The molecule has 0 bridgehead atoms. The zero-order chi connectivity index (χ0) is 11.0. The lowest BCUT2D eigenvalue weighted by Crippen LogP contribution is -2.43. The number of nitrogens with one attached hydrogen (secondary N) is 1. The van der Waals surface area contributed by atoms with Gasteiger partial charge in [-0.3, -0.25) is 0 Å². The van der Waals surface area contributed by atoms with Crippen LogP contribution in [0.2, 0.25) is 0 Å². The molecule has 2 aromatic rings. The highest BCUT2D eigenvalue weighted by Crippen LogP contribution is 2.41. The minimum atomic E-state index is 0.181. The SMILES string of the molecule is CNCC1(c2nc3ccccn3n2)CCC1. The Kier molecular flexibility index (Phi) is 2.17. The van der Waals surface area contributed by atoms with Gasteiger partial charge in [-0.25, -0.2) is 9.50 Å². The van der Waals surface area contributed by atoms with E-state index in [2.05, 4.69) is 15.4 Å². The van der Waals surface area contributed by atoms with Crippen molar-refractivity contribution in [3.8, 4) is 0 Å². The Morgan fingerprint density at radius 3 is 2.94 bits per heavy atom. The first-order chi connectivity index (χ1) is 7.84. The van der Waals surface area contributed by atoms with Crippen molar-refractivity contribution in [1.29, 1.82) is 0 Å². The van der Waals surface area contributed by atoms with E-state index in [1.165, 1.54) is 19.3 Å². The van der Waals surface area contributed by atoms with Crippen molar-refractivity contribution in [2.75, 3.05) is 13.6 Å². The Bertz CT molecular complexity index is 465. The summed E-state index contributed by atoms with van der Waals surface area (Å²) in [5.74, 6) is 0.999. The number of nitrogens with zero attached hydrogens (tertiary/aromatic N) is 3. The lowest BCUT2D eigenvalue weighted by molar-refractivity contribution is 0.225. The molecule has 3 rings (SSSR count). The molecule has 4 heteroatoms. The fraction of sp³-hybridized carbons (Fsp3) is 0.500. The maximum absolute atomic E-state index is 4.64. The molecule has 1 aliphatic rings. The first-order valence-electron chi connectivity index (χ1n) is 5.81. The van der Waals surface area contributed by atoms with E-state index < -0.39 is 0 Å². The maximum atomic E-state index is 4.64. The van der Waals surface area contributed by atoms with Crippen LogP contribution in [-0.4, -0.2) is 28.2 Å². The summed E-state index contributed by atoms with van der Waals surface area (Å²) < 4.78 is 1.87. The van der Waals surface area contributed by atoms with Crippen molar-refractivity contribution < 1.29 is 0 Å². The second-order valence-electron chi connectivity index (χ2n) is 4.60. The number of pyridine rings is 1. The monoisotopic (exact) mass is 216 g/mol. The van der Waals surface area contributed by atoms with E-state index in [0.29, 0.717) is 0 Å². The third kappa shape index (κ3) is 1.33. The number of hydrogen-bond acceptors (Lipinski definition) is 3. The molecule has 0 saturated heterocycles. The van der Waals surface area contributed by atoms with Crippen LogP contribution in [-0.2, 0) is 5.41 Å². The molecule has 1 aliphatic carbocycles. The van der Waals surface area contributed by atoms with E-state index in [1.54, 1.807) is 0 Å². The molecule has 1 saturated carbocycles. The van der Waals surface area contributed by atoms with E-state index in [1.807, 2.05) is 36.0 Å². The number of aromatic nitrogens is 3. The van der Waals surface area contributed by atoms with Gasteiger partial charge in [-0.05, 0) is 32.0 Å². The van der Waals surface area contributed by atoms with Crippen molar-refractivity contribution in [2.24, 2.45) is 0 Å². The molecule has 0 unspecified atom stereocenters. The lowest BCUT2D eigenvalue weighted by Gasteiger charge is -2.39. The van der Waals surface area contributed by atoms with Crippen LogP contribution in [0.1, 0.15) is 25.1 Å². The Hall–Kier alpha value is -1.42. The second-order valence-corrected chi connectivity index (χ2v) is 4.60. The Balaban J connectivity index is 2.04. The summed E-state index contributed by atoms with van der Waals surface area (Å²) >= 11 is 0. The largest absolute Gasteiger partial charge is 0.319 e.